The van der Waals surface area contributed by atoms with Gasteiger partial charge in [-0.1, -0.05) is 6.92 Å². The lowest BCUT2D eigenvalue weighted by Gasteiger charge is -2.30. The summed E-state index contributed by atoms with van der Waals surface area (Å²) in [6.07, 6.45) is -0.237. The molecule has 0 spiro atoms. The summed E-state index contributed by atoms with van der Waals surface area (Å²) in [6.45, 7) is 4.50. The van der Waals surface area contributed by atoms with Crippen molar-refractivity contribution >= 4 is 11.9 Å². The van der Waals surface area contributed by atoms with Crippen LogP contribution in [0.3, 0.4) is 0 Å². The molecule has 19 heavy (non-hydrogen) atoms. The van der Waals surface area contributed by atoms with Crippen molar-refractivity contribution in [2.45, 2.75) is 26.4 Å². The summed E-state index contributed by atoms with van der Waals surface area (Å²) in [5.41, 5.74) is 0.939. The Balaban J connectivity index is 2.12. The van der Waals surface area contributed by atoms with E-state index < -0.39 is 12.1 Å². The van der Waals surface area contributed by atoms with Crippen molar-refractivity contribution in [2.75, 3.05) is 19.7 Å². The SMILES string of the molecule is CCc1oc(C(=O)N2CCO[C@@H](C(=O)O)C2)cc1C. The Morgan fingerprint density at radius 1 is 1.53 bits per heavy atom. The fraction of sp³-hybridized carbons (Fsp3) is 0.538. The van der Waals surface area contributed by atoms with Gasteiger partial charge in [0, 0.05) is 13.0 Å². The third kappa shape index (κ3) is 2.78. The predicted octanol–water partition coefficient (Wildman–Crippen LogP) is 1.08. The number of ether oxygens (including phenoxy) is 1. The smallest absolute Gasteiger partial charge is 0.334 e. The maximum atomic E-state index is 12.2. The van der Waals surface area contributed by atoms with Crippen LogP contribution in [-0.2, 0) is 16.0 Å². The van der Waals surface area contributed by atoms with E-state index in [1.54, 1.807) is 6.07 Å². The standard InChI is InChI=1S/C13H17NO5/c1-3-9-8(2)6-10(19-9)12(15)14-4-5-18-11(7-14)13(16)17/h6,11H,3-5,7H2,1-2H3,(H,16,17)/t11-/m1/s1. The summed E-state index contributed by atoms with van der Waals surface area (Å²) >= 11 is 0. The van der Waals surface area contributed by atoms with Gasteiger partial charge in [-0.3, -0.25) is 4.79 Å². The normalized spacial score (nSPS) is 19.5. The molecule has 0 aliphatic carbocycles. The number of aliphatic carboxylic acids is 1. The van der Waals surface area contributed by atoms with Crippen molar-refractivity contribution in [3.63, 3.8) is 0 Å². The van der Waals surface area contributed by atoms with E-state index in [1.165, 1.54) is 4.90 Å². The quantitative estimate of drug-likeness (QED) is 0.886. The van der Waals surface area contributed by atoms with Crippen LogP contribution in [0.5, 0.6) is 0 Å². The highest BCUT2D eigenvalue weighted by atomic mass is 16.5. The van der Waals surface area contributed by atoms with Crippen LogP contribution in [0.25, 0.3) is 0 Å². The molecule has 1 aromatic heterocycles. The lowest BCUT2D eigenvalue weighted by molar-refractivity contribution is -0.154. The first-order valence-electron chi connectivity index (χ1n) is 6.26. The molecule has 0 aromatic carbocycles. The minimum atomic E-state index is -1.05. The van der Waals surface area contributed by atoms with Gasteiger partial charge in [-0.25, -0.2) is 4.79 Å². The van der Waals surface area contributed by atoms with E-state index in [1.807, 2.05) is 13.8 Å². The Labute approximate surface area is 110 Å². The second-order valence-corrected chi connectivity index (χ2v) is 4.52. The van der Waals surface area contributed by atoms with Gasteiger partial charge in [-0.2, -0.15) is 0 Å². The molecule has 6 heteroatoms. The van der Waals surface area contributed by atoms with Crippen LogP contribution in [-0.4, -0.2) is 47.7 Å². The van der Waals surface area contributed by atoms with Gasteiger partial charge in [0.25, 0.3) is 5.91 Å². The molecule has 0 unspecified atom stereocenters. The maximum absolute atomic E-state index is 12.2. The average Bonchev–Trinajstić information content (AvgIpc) is 2.79. The summed E-state index contributed by atoms with van der Waals surface area (Å²) in [7, 11) is 0. The fourth-order valence-electron chi connectivity index (χ4n) is 2.12. The van der Waals surface area contributed by atoms with Gasteiger partial charge in [0.2, 0.25) is 0 Å². The minimum absolute atomic E-state index is 0.0510. The predicted molar refractivity (Wildman–Crippen MR) is 66.1 cm³/mol. The zero-order valence-electron chi connectivity index (χ0n) is 11.0. The zero-order chi connectivity index (χ0) is 14.0. The fourth-order valence-corrected chi connectivity index (χ4v) is 2.12. The number of hydrogen-bond donors (Lipinski definition) is 1. The van der Waals surface area contributed by atoms with Gasteiger partial charge in [0.05, 0.1) is 13.2 Å². The Morgan fingerprint density at radius 3 is 2.84 bits per heavy atom. The highest BCUT2D eigenvalue weighted by molar-refractivity contribution is 5.92. The summed E-state index contributed by atoms with van der Waals surface area (Å²) in [5, 5.41) is 8.91. The van der Waals surface area contributed by atoms with Crippen molar-refractivity contribution in [2.24, 2.45) is 0 Å². The van der Waals surface area contributed by atoms with E-state index in [-0.39, 0.29) is 24.8 Å². The first-order chi connectivity index (χ1) is 9.02. The molecular formula is C13H17NO5. The van der Waals surface area contributed by atoms with Crippen molar-refractivity contribution in [1.29, 1.82) is 0 Å². The molecule has 0 bridgehead atoms. The Bertz CT molecular complexity index is 493. The zero-order valence-corrected chi connectivity index (χ0v) is 11.0. The van der Waals surface area contributed by atoms with Gasteiger partial charge in [-0.05, 0) is 18.6 Å². The van der Waals surface area contributed by atoms with E-state index in [0.29, 0.717) is 6.54 Å². The number of amides is 1. The van der Waals surface area contributed by atoms with Crippen LogP contribution >= 0.6 is 0 Å². The number of rotatable bonds is 3. The molecule has 2 heterocycles. The van der Waals surface area contributed by atoms with Crippen LogP contribution in [0.4, 0.5) is 0 Å². The van der Waals surface area contributed by atoms with E-state index in [0.717, 1.165) is 17.7 Å². The van der Waals surface area contributed by atoms with Crippen molar-refractivity contribution < 1.29 is 23.8 Å². The summed E-state index contributed by atoms with van der Waals surface area (Å²) < 4.78 is 10.6. The molecule has 6 nitrogen and oxygen atoms in total. The van der Waals surface area contributed by atoms with Gasteiger partial charge < -0.3 is 19.2 Å². The van der Waals surface area contributed by atoms with Crippen LogP contribution in [0, 0.1) is 6.92 Å². The molecule has 1 saturated heterocycles. The molecule has 0 saturated carbocycles. The molecule has 1 aliphatic heterocycles. The highest BCUT2D eigenvalue weighted by Crippen LogP contribution is 2.18. The minimum Gasteiger partial charge on any atom is -0.479 e. The second kappa shape index (κ2) is 5.44. The third-order valence-corrected chi connectivity index (χ3v) is 3.18. The number of aryl methyl sites for hydroxylation is 2. The Hall–Kier alpha value is -1.82. The lowest BCUT2D eigenvalue weighted by Crippen LogP contribution is -2.48. The van der Waals surface area contributed by atoms with Gasteiger partial charge in [-0.15, -0.1) is 0 Å². The number of carboxylic acids is 1. The van der Waals surface area contributed by atoms with Crippen LogP contribution in [0.1, 0.15) is 28.8 Å². The van der Waals surface area contributed by atoms with Crippen molar-refractivity contribution in [3.8, 4) is 0 Å². The van der Waals surface area contributed by atoms with E-state index in [2.05, 4.69) is 0 Å². The van der Waals surface area contributed by atoms with Crippen molar-refractivity contribution in [3.05, 3.63) is 23.2 Å². The maximum Gasteiger partial charge on any atom is 0.334 e. The van der Waals surface area contributed by atoms with Gasteiger partial charge >= 0.3 is 5.97 Å². The molecular weight excluding hydrogens is 250 g/mol. The largest absolute Gasteiger partial charge is 0.479 e. The molecule has 1 N–H and O–H groups in total. The molecule has 1 fully saturated rings. The molecule has 1 aromatic rings. The van der Waals surface area contributed by atoms with Gasteiger partial charge in [0.1, 0.15) is 5.76 Å². The van der Waals surface area contributed by atoms with Crippen LogP contribution in [0.15, 0.2) is 10.5 Å². The Morgan fingerprint density at radius 2 is 2.26 bits per heavy atom. The Kier molecular flexibility index (Phi) is 3.90. The number of carbonyl (C=O) groups is 2. The highest BCUT2D eigenvalue weighted by Gasteiger charge is 2.30. The van der Waals surface area contributed by atoms with E-state index in [9.17, 15) is 9.59 Å². The second-order valence-electron chi connectivity index (χ2n) is 4.52. The number of morpholine rings is 1. The molecule has 1 amide bonds. The van der Waals surface area contributed by atoms with E-state index >= 15 is 0 Å². The third-order valence-electron chi connectivity index (χ3n) is 3.18. The number of hydrogen-bond acceptors (Lipinski definition) is 4. The summed E-state index contributed by atoms with van der Waals surface area (Å²) in [6, 6.07) is 1.70. The first kappa shape index (κ1) is 13.6. The lowest BCUT2D eigenvalue weighted by atomic mass is 10.2. The first-order valence-corrected chi connectivity index (χ1v) is 6.26. The number of nitrogens with zero attached hydrogens (tertiary/aromatic N) is 1. The number of carbonyl (C=O) groups excluding carboxylic acids is 1. The molecule has 0 radical (unpaired) electrons. The van der Waals surface area contributed by atoms with Crippen LogP contribution < -0.4 is 0 Å². The van der Waals surface area contributed by atoms with Gasteiger partial charge in [0.15, 0.2) is 11.9 Å². The summed E-state index contributed by atoms with van der Waals surface area (Å²) in [4.78, 5) is 24.6. The molecule has 1 atom stereocenters. The molecule has 2 rings (SSSR count). The van der Waals surface area contributed by atoms with Crippen molar-refractivity contribution in [1.82, 2.24) is 4.90 Å². The van der Waals surface area contributed by atoms with Crippen LogP contribution in [0.2, 0.25) is 0 Å². The molecule has 1 aliphatic rings. The number of furan rings is 1. The topological polar surface area (TPSA) is 80.0 Å². The monoisotopic (exact) mass is 267 g/mol. The summed E-state index contributed by atoms with van der Waals surface area (Å²) in [5.74, 6) is -0.286. The average molecular weight is 267 g/mol. The molecule has 104 valence electrons. The number of carboxylic acid groups (broad SMARTS) is 1. The van der Waals surface area contributed by atoms with E-state index in [4.69, 9.17) is 14.3 Å².